The van der Waals surface area contributed by atoms with E-state index in [1.807, 2.05) is 36.4 Å². The van der Waals surface area contributed by atoms with Crippen LogP contribution in [-0.2, 0) is 0 Å². The summed E-state index contributed by atoms with van der Waals surface area (Å²) >= 11 is 0. The highest BCUT2D eigenvalue weighted by atomic mass is 16.5. The number of pyridine rings is 1. The lowest BCUT2D eigenvalue weighted by Crippen LogP contribution is -1.97. The van der Waals surface area contributed by atoms with Crippen LogP contribution in [0, 0.1) is 11.8 Å². The van der Waals surface area contributed by atoms with Crippen LogP contribution in [0.25, 0.3) is 0 Å². The molecule has 0 aliphatic heterocycles. The molecule has 2 rings (SSSR count). The first-order chi connectivity index (χ1) is 16.4. The molecule has 1 aromatic carbocycles. The van der Waals surface area contributed by atoms with Crippen molar-refractivity contribution in [1.82, 2.24) is 4.98 Å². The zero-order valence-corrected chi connectivity index (χ0v) is 21.0. The molecule has 2 aromatic rings. The molecule has 0 atom stereocenters. The fourth-order valence-corrected chi connectivity index (χ4v) is 4.05. The van der Waals surface area contributed by atoms with Crippen LogP contribution in [0.2, 0.25) is 0 Å². The number of ether oxygens (including phenoxy) is 1. The molecule has 0 fully saturated rings. The third kappa shape index (κ3) is 14.5. The molecule has 2 heteroatoms. The molecule has 1 aromatic heterocycles. The molecule has 0 unspecified atom stereocenters. The second-order valence-electron chi connectivity index (χ2n) is 9.16. The number of hydrogen-bond acceptors (Lipinski definition) is 2. The van der Waals surface area contributed by atoms with E-state index >= 15 is 0 Å². The Kier molecular flexibility index (Phi) is 15.7. The number of hydrogen-bond donors (Lipinski definition) is 0. The quantitative estimate of drug-likeness (QED) is 0.168. The zero-order chi connectivity index (χ0) is 23.2. The molecule has 0 aliphatic rings. The number of unbranched alkanes of at least 4 members (excludes halogenated alkanes) is 15. The maximum absolute atomic E-state index is 5.89. The summed E-state index contributed by atoms with van der Waals surface area (Å²) in [5.41, 5.74) is 1.98. The van der Waals surface area contributed by atoms with Crippen LogP contribution in [0.15, 0.2) is 48.8 Å². The molecule has 0 bridgehead atoms. The number of benzene rings is 1. The lowest BCUT2D eigenvalue weighted by molar-refractivity contribution is 0.304. The molecule has 1 heterocycles. The number of rotatable bonds is 18. The van der Waals surface area contributed by atoms with Crippen molar-refractivity contribution in [3.63, 3.8) is 0 Å². The first kappa shape index (κ1) is 27.0. The Morgan fingerprint density at radius 2 is 0.970 bits per heavy atom. The van der Waals surface area contributed by atoms with E-state index in [-0.39, 0.29) is 0 Å². The highest BCUT2D eigenvalue weighted by Gasteiger charge is 1.97. The highest BCUT2D eigenvalue weighted by molar-refractivity contribution is 5.43. The molecule has 0 amide bonds. The molecule has 0 aliphatic carbocycles. The van der Waals surface area contributed by atoms with E-state index in [0.29, 0.717) is 0 Å². The van der Waals surface area contributed by atoms with Gasteiger partial charge < -0.3 is 4.74 Å². The molecule has 0 saturated carbocycles. The van der Waals surface area contributed by atoms with E-state index in [1.165, 1.54) is 96.3 Å². The first-order valence-corrected chi connectivity index (χ1v) is 13.5. The topological polar surface area (TPSA) is 22.1 Å². The van der Waals surface area contributed by atoms with Crippen molar-refractivity contribution < 1.29 is 4.74 Å². The van der Waals surface area contributed by atoms with Crippen molar-refractivity contribution in [2.24, 2.45) is 0 Å². The largest absolute Gasteiger partial charge is 0.494 e. The van der Waals surface area contributed by atoms with Crippen LogP contribution in [0.4, 0.5) is 0 Å². The molecule has 0 N–H and O–H groups in total. The molecule has 0 spiro atoms. The van der Waals surface area contributed by atoms with Crippen LogP contribution >= 0.6 is 0 Å². The SMILES string of the molecule is CCCCCCCCCCCCCCCCCCOc1ccc(C#Cc2ccncc2)cc1. The normalized spacial score (nSPS) is 10.6. The summed E-state index contributed by atoms with van der Waals surface area (Å²) < 4.78 is 5.89. The van der Waals surface area contributed by atoms with Crippen molar-refractivity contribution >= 4 is 0 Å². The summed E-state index contributed by atoms with van der Waals surface area (Å²) in [5, 5.41) is 0. The minimum Gasteiger partial charge on any atom is -0.494 e. The average Bonchev–Trinajstić information content (AvgIpc) is 2.86. The predicted octanol–water partition coefficient (Wildman–Crippen LogP) is 9.12. The van der Waals surface area contributed by atoms with E-state index in [2.05, 4.69) is 23.7 Å². The molecular formula is C31H45NO. The third-order valence-corrected chi connectivity index (χ3v) is 6.15. The molecule has 180 valence electrons. The molecule has 0 radical (unpaired) electrons. The predicted molar refractivity (Wildman–Crippen MR) is 142 cm³/mol. The van der Waals surface area contributed by atoms with Crippen LogP contribution in [0.3, 0.4) is 0 Å². The van der Waals surface area contributed by atoms with Crippen LogP contribution < -0.4 is 4.74 Å². The minimum atomic E-state index is 0.806. The van der Waals surface area contributed by atoms with Crippen molar-refractivity contribution in [2.75, 3.05) is 6.61 Å². The second-order valence-corrected chi connectivity index (χ2v) is 9.16. The Morgan fingerprint density at radius 1 is 0.545 bits per heavy atom. The minimum absolute atomic E-state index is 0.806. The summed E-state index contributed by atoms with van der Waals surface area (Å²) in [6, 6.07) is 11.9. The maximum atomic E-state index is 5.89. The smallest absolute Gasteiger partial charge is 0.119 e. The summed E-state index contributed by atoms with van der Waals surface area (Å²) in [5.74, 6) is 7.27. The first-order valence-electron chi connectivity index (χ1n) is 13.5. The Hall–Kier alpha value is -2.27. The molecule has 0 saturated heterocycles. The summed E-state index contributed by atoms with van der Waals surface area (Å²) in [7, 11) is 0. The van der Waals surface area contributed by atoms with Gasteiger partial charge in [0, 0.05) is 23.5 Å². The number of nitrogens with zero attached hydrogens (tertiary/aromatic N) is 1. The zero-order valence-electron chi connectivity index (χ0n) is 21.0. The van der Waals surface area contributed by atoms with Gasteiger partial charge in [0.05, 0.1) is 6.61 Å². The maximum Gasteiger partial charge on any atom is 0.119 e. The lowest BCUT2D eigenvalue weighted by Gasteiger charge is -2.06. The van der Waals surface area contributed by atoms with E-state index < -0.39 is 0 Å². The number of aromatic nitrogens is 1. The van der Waals surface area contributed by atoms with Crippen LogP contribution in [0.1, 0.15) is 121 Å². The van der Waals surface area contributed by atoms with Gasteiger partial charge in [0.25, 0.3) is 0 Å². The summed E-state index contributed by atoms with van der Waals surface area (Å²) in [4.78, 5) is 4.01. The standard InChI is InChI=1S/C31H45NO/c1-2-3-4-5-6-7-8-9-10-11-12-13-14-15-16-17-28-33-31-22-20-29(21-23-31)18-19-30-24-26-32-27-25-30/h20-27H,2-17,28H2,1H3. The van der Waals surface area contributed by atoms with E-state index in [9.17, 15) is 0 Å². The van der Waals surface area contributed by atoms with Gasteiger partial charge in [0.1, 0.15) is 5.75 Å². The van der Waals surface area contributed by atoms with Gasteiger partial charge in [-0.3, -0.25) is 4.98 Å². The third-order valence-electron chi connectivity index (χ3n) is 6.15. The highest BCUT2D eigenvalue weighted by Crippen LogP contribution is 2.15. The van der Waals surface area contributed by atoms with E-state index in [1.54, 1.807) is 12.4 Å². The molecule has 33 heavy (non-hydrogen) atoms. The van der Waals surface area contributed by atoms with Crippen molar-refractivity contribution in [3.05, 3.63) is 59.9 Å². The van der Waals surface area contributed by atoms with Crippen LogP contribution in [0.5, 0.6) is 5.75 Å². The van der Waals surface area contributed by atoms with Gasteiger partial charge >= 0.3 is 0 Å². The molecular weight excluding hydrogens is 402 g/mol. The Labute approximate surface area is 203 Å². The Bertz CT molecular complexity index is 757. The van der Waals surface area contributed by atoms with Gasteiger partial charge in [-0.1, -0.05) is 115 Å². The van der Waals surface area contributed by atoms with Crippen LogP contribution in [-0.4, -0.2) is 11.6 Å². The monoisotopic (exact) mass is 447 g/mol. The van der Waals surface area contributed by atoms with E-state index in [4.69, 9.17) is 4.74 Å². The fraction of sp³-hybridized carbons (Fsp3) is 0.581. The Balaban J connectivity index is 1.37. The lowest BCUT2D eigenvalue weighted by atomic mass is 10.0. The van der Waals surface area contributed by atoms with Gasteiger partial charge in [-0.05, 0) is 42.8 Å². The molecule has 2 nitrogen and oxygen atoms in total. The van der Waals surface area contributed by atoms with Gasteiger partial charge in [0.15, 0.2) is 0 Å². The average molecular weight is 448 g/mol. The van der Waals surface area contributed by atoms with Crippen molar-refractivity contribution in [3.8, 4) is 17.6 Å². The summed E-state index contributed by atoms with van der Waals surface area (Å²) in [6.45, 7) is 3.10. The van der Waals surface area contributed by atoms with Crippen molar-refractivity contribution in [1.29, 1.82) is 0 Å². The summed E-state index contributed by atoms with van der Waals surface area (Å²) in [6.07, 6.45) is 25.8. The van der Waals surface area contributed by atoms with E-state index in [0.717, 1.165) is 29.9 Å². The van der Waals surface area contributed by atoms with Gasteiger partial charge in [0.2, 0.25) is 0 Å². The second kappa shape index (κ2) is 19.2. The van der Waals surface area contributed by atoms with Gasteiger partial charge in [-0.2, -0.15) is 0 Å². The van der Waals surface area contributed by atoms with Gasteiger partial charge in [-0.25, -0.2) is 0 Å². The fourth-order valence-electron chi connectivity index (χ4n) is 4.05. The Morgan fingerprint density at radius 3 is 1.45 bits per heavy atom. The van der Waals surface area contributed by atoms with Crippen molar-refractivity contribution in [2.45, 2.75) is 110 Å². The van der Waals surface area contributed by atoms with Gasteiger partial charge in [-0.15, -0.1) is 0 Å².